The summed E-state index contributed by atoms with van der Waals surface area (Å²) in [4.78, 5) is 0. The van der Waals surface area contributed by atoms with Crippen molar-refractivity contribution in [3.8, 4) is 6.07 Å². The predicted octanol–water partition coefficient (Wildman–Crippen LogP) is 1.58. The number of aromatic nitrogens is 3. The van der Waals surface area contributed by atoms with Gasteiger partial charge < -0.3 is 4.57 Å². The third-order valence-electron chi connectivity index (χ3n) is 2.54. The highest BCUT2D eigenvalue weighted by atomic mass is 32.2. The molecule has 17 heavy (non-hydrogen) atoms. The summed E-state index contributed by atoms with van der Waals surface area (Å²) in [5.41, 5.74) is -0.408. The Bertz CT molecular complexity index is 383. The Kier molecular flexibility index (Phi) is 5.45. The lowest BCUT2D eigenvalue weighted by Gasteiger charge is -2.21. The first-order valence-corrected chi connectivity index (χ1v) is 6.73. The largest absolute Gasteiger partial charge is 0.312 e. The molecule has 0 amide bonds. The van der Waals surface area contributed by atoms with Crippen molar-refractivity contribution in [3.05, 3.63) is 6.33 Å². The Labute approximate surface area is 107 Å². The zero-order valence-corrected chi connectivity index (χ0v) is 11.4. The Balaban J connectivity index is 2.29. The van der Waals surface area contributed by atoms with Crippen molar-refractivity contribution in [2.24, 2.45) is 7.05 Å². The molecule has 0 aliphatic heterocycles. The van der Waals surface area contributed by atoms with Crippen LogP contribution in [0, 0.1) is 11.3 Å². The van der Waals surface area contributed by atoms with Crippen LogP contribution < -0.4 is 5.32 Å². The van der Waals surface area contributed by atoms with Gasteiger partial charge >= 0.3 is 0 Å². The lowest BCUT2D eigenvalue weighted by Crippen LogP contribution is -2.40. The lowest BCUT2D eigenvalue weighted by molar-refractivity contribution is 0.426. The Hall–Kier alpha value is -1.06. The fraction of sp³-hybridized carbons (Fsp3) is 0.727. The van der Waals surface area contributed by atoms with E-state index in [2.05, 4.69) is 21.6 Å². The molecule has 6 heteroatoms. The van der Waals surface area contributed by atoms with Gasteiger partial charge in [0.05, 0.1) is 6.07 Å². The van der Waals surface area contributed by atoms with Crippen LogP contribution in [0.2, 0.25) is 0 Å². The van der Waals surface area contributed by atoms with Crippen molar-refractivity contribution in [2.45, 2.75) is 37.4 Å². The van der Waals surface area contributed by atoms with E-state index in [9.17, 15) is 0 Å². The topological polar surface area (TPSA) is 66.5 Å². The second-order valence-electron chi connectivity index (χ2n) is 4.15. The molecule has 0 aliphatic carbocycles. The third-order valence-corrected chi connectivity index (χ3v) is 3.66. The molecule has 0 spiro atoms. The number of nitrogens with one attached hydrogen (secondary N) is 1. The number of nitriles is 1. The van der Waals surface area contributed by atoms with E-state index >= 15 is 0 Å². The fourth-order valence-corrected chi connectivity index (χ4v) is 2.39. The van der Waals surface area contributed by atoms with Crippen LogP contribution in [-0.4, -0.2) is 32.6 Å². The number of rotatable bonds is 7. The van der Waals surface area contributed by atoms with E-state index < -0.39 is 5.54 Å². The van der Waals surface area contributed by atoms with Gasteiger partial charge in [0, 0.05) is 12.8 Å². The van der Waals surface area contributed by atoms with Crippen LogP contribution in [-0.2, 0) is 7.05 Å². The van der Waals surface area contributed by atoms with Crippen LogP contribution in [0.5, 0.6) is 0 Å². The molecule has 0 saturated heterocycles. The van der Waals surface area contributed by atoms with Crippen molar-refractivity contribution < 1.29 is 0 Å². The SMILES string of the molecule is CCNC(C)(C#N)CCCSc1nncn1C. The Morgan fingerprint density at radius 1 is 1.65 bits per heavy atom. The van der Waals surface area contributed by atoms with Crippen molar-refractivity contribution >= 4 is 11.8 Å². The average molecular weight is 253 g/mol. The van der Waals surface area contributed by atoms with E-state index in [1.807, 2.05) is 25.5 Å². The molecule has 1 rings (SSSR count). The van der Waals surface area contributed by atoms with Gasteiger partial charge in [0.1, 0.15) is 11.9 Å². The van der Waals surface area contributed by atoms with E-state index in [4.69, 9.17) is 5.26 Å². The summed E-state index contributed by atoms with van der Waals surface area (Å²) in [6.07, 6.45) is 3.52. The van der Waals surface area contributed by atoms with Gasteiger partial charge in [-0.1, -0.05) is 18.7 Å². The minimum Gasteiger partial charge on any atom is -0.312 e. The molecule has 1 aromatic rings. The third kappa shape index (κ3) is 4.36. The molecule has 94 valence electrons. The van der Waals surface area contributed by atoms with Gasteiger partial charge in [-0.25, -0.2) is 0 Å². The summed E-state index contributed by atoms with van der Waals surface area (Å²) in [6.45, 7) is 4.79. The zero-order valence-electron chi connectivity index (χ0n) is 10.6. The quantitative estimate of drug-likeness (QED) is 0.590. The molecule has 0 fully saturated rings. The van der Waals surface area contributed by atoms with Crippen molar-refractivity contribution in [2.75, 3.05) is 12.3 Å². The first kappa shape index (κ1) is 14.0. The van der Waals surface area contributed by atoms with Crippen LogP contribution in [0.1, 0.15) is 26.7 Å². The van der Waals surface area contributed by atoms with E-state index in [0.29, 0.717) is 0 Å². The molecule has 0 aliphatic rings. The average Bonchev–Trinajstić information content (AvgIpc) is 2.71. The van der Waals surface area contributed by atoms with Crippen molar-refractivity contribution in [3.63, 3.8) is 0 Å². The maximum Gasteiger partial charge on any atom is 0.190 e. The van der Waals surface area contributed by atoms with E-state index in [0.717, 1.165) is 30.3 Å². The van der Waals surface area contributed by atoms with E-state index in [-0.39, 0.29) is 0 Å². The molecule has 1 heterocycles. The number of nitrogens with zero attached hydrogens (tertiary/aromatic N) is 4. The van der Waals surface area contributed by atoms with Crippen LogP contribution in [0.25, 0.3) is 0 Å². The number of hydrogen-bond acceptors (Lipinski definition) is 5. The van der Waals surface area contributed by atoms with E-state index in [1.54, 1.807) is 18.1 Å². The Morgan fingerprint density at radius 3 is 2.94 bits per heavy atom. The molecule has 0 radical (unpaired) electrons. The van der Waals surface area contributed by atoms with Gasteiger partial charge in [-0.3, -0.25) is 5.32 Å². The van der Waals surface area contributed by atoms with E-state index in [1.165, 1.54) is 0 Å². The van der Waals surface area contributed by atoms with Crippen molar-refractivity contribution in [1.82, 2.24) is 20.1 Å². The fourth-order valence-electron chi connectivity index (χ4n) is 1.57. The monoisotopic (exact) mass is 253 g/mol. The normalized spacial score (nSPS) is 14.2. The summed E-state index contributed by atoms with van der Waals surface area (Å²) in [5.74, 6) is 0.954. The van der Waals surface area contributed by atoms with Gasteiger partial charge in [0.2, 0.25) is 0 Å². The highest BCUT2D eigenvalue weighted by Crippen LogP contribution is 2.18. The Morgan fingerprint density at radius 2 is 2.41 bits per heavy atom. The highest BCUT2D eigenvalue weighted by Gasteiger charge is 2.21. The molecule has 0 aromatic carbocycles. The molecular formula is C11H19N5S. The van der Waals surface area contributed by atoms with Gasteiger partial charge in [-0.15, -0.1) is 10.2 Å². The first-order valence-electron chi connectivity index (χ1n) is 5.74. The minimum atomic E-state index is -0.408. The first-order chi connectivity index (χ1) is 8.11. The highest BCUT2D eigenvalue weighted by molar-refractivity contribution is 7.99. The van der Waals surface area contributed by atoms with Gasteiger partial charge in [0.25, 0.3) is 0 Å². The minimum absolute atomic E-state index is 0.408. The molecule has 0 bridgehead atoms. The van der Waals surface area contributed by atoms with Gasteiger partial charge in [0.15, 0.2) is 5.16 Å². The number of aryl methyl sites for hydroxylation is 1. The molecule has 1 N–H and O–H groups in total. The summed E-state index contributed by atoms with van der Waals surface area (Å²) in [6, 6.07) is 2.33. The van der Waals surface area contributed by atoms with Crippen LogP contribution in [0.4, 0.5) is 0 Å². The second kappa shape index (κ2) is 6.62. The number of hydrogen-bond donors (Lipinski definition) is 1. The van der Waals surface area contributed by atoms with Crippen LogP contribution >= 0.6 is 11.8 Å². The molecule has 5 nitrogen and oxygen atoms in total. The summed E-state index contributed by atoms with van der Waals surface area (Å²) in [7, 11) is 1.93. The summed E-state index contributed by atoms with van der Waals surface area (Å²) in [5, 5.41) is 21.1. The molecule has 1 aromatic heterocycles. The maximum absolute atomic E-state index is 9.10. The van der Waals surface area contributed by atoms with Crippen LogP contribution in [0.3, 0.4) is 0 Å². The molecule has 1 atom stereocenters. The predicted molar refractivity (Wildman–Crippen MR) is 68.7 cm³/mol. The summed E-state index contributed by atoms with van der Waals surface area (Å²) < 4.78 is 1.90. The van der Waals surface area contributed by atoms with Crippen LogP contribution in [0.15, 0.2) is 11.5 Å². The molecule has 0 saturated carbocycles. The number of thioether (sulfide) groups is 1. The van der Waals surface area contributed by atoms with Gasteiger partial charge in [-0.05, 0) is 26.3 Å². The standard InChI is InChI=1S/C11H19N5S/c1-4-13-11(2,8-12)6-5-7-17-10-15-14-9-16(10)3/h9,13H,4-7H2,1-3H3. The zero-order chi connectivity index (χ0) is 12.7. The maximum atomic E-state index is 9.10. The summed E-state index contributed by atoms with van der Waals surface area (Å²) >= 11 is 1.68. The second-order valence-corrected chi connectivity index (χ2v) is 5.21. The molecule has 1 unspecified atom stereocenters. The lowest BCUT2D eigenvalue weighted by atomic mass is 9.98. The smallest absolute Gasteiger partial charge is 0.190 e. The molecular weight excluding hydrogens is 234 g/mol. The van der Waals surface area contributed by atoms with Crippen molar-refractivity contribution in [1.29, 1.82) is 5.26 Å². The van der Waals surface area contributed by atoms with Gasteiger partial charge in [-0.2, -0.15) is 5.26 Å².